The quantitative estimate of drug-likeness (QED) is 0.721. The number of aromatic nitrogens is 5. The minimum absolute atomic E-state index is 0.208. The second-order valence-corrected chi connectivity index (χ2v) is 3.59. The fraction of sp³-hybridized carbons (Fsp3) is 0.250. The molecule has 0 spiro atoms. The maximum atomic E-state index is 5.40. The van der Waals surface area contributed by atoms with Crippen molar-refractivity contribution >= 4 is 17.2 Å². The molecule has 0 unspecified atom stereocenters. The highest BCUT2D eigenvalue weighted by atomic mass is 32.1. The molecule has 2 aromatic heterocycles. The molecule has 0 saturated carbocycles. The predicted molar refractivity (Wildman–Crippen MR) is 58.2 cm³/mol. The second-order valence-electron chi connectivity index (χ2n) is 3.15. The Hall–Kier alpha value is -1.76. The zero-order valence-corrected chi connectivity index (χ0v) is 8.98. The van der Waals surface area contributed by atoms with Crippen LogP contribution in [0.5, 0.6) is 0 Å². The fourth-order valence-electron chi connectivity index (χ4n) is 1.22. The van der Waals surface area contributed by atoms with Crippen LogP contribution in [-0.4, -0.2) is 29.5 Å². The van der Waals surface area contributed by atoms with Crippen LogP contribution in [0.3, 0.4) is 0 Å². The monoisotopic (exact) mass is 222 g/mol. The number of aryl methyl sites for hydroxylation is 1. The maximum Gasteiger partial charge on any atom is 0.208 e. The van der Waals surface area contributed by atoms with Crippen LogP contribution in [0.4, 0.5) is 0 Å². The van der Waals surface area contributed by atoms with E-state index in [0.29, 0.717) is 12.4 Å². The van der Waals surface area contributed by atoms with Gasteiger partial charge in [0.1, 0.15) is 11.3 Å². The van der Waals surface area contributed by atoms with Crippen molar-refractivity contribution in [1.82, 2.24) is 24.5 Å². The van der Waals surface area contributed by atoms with Gasteiger partial charge in [0.05, 0.1) is 12.7 Å². The van der Waals surface area contributed by atoms with Gasteiger partial charge in [0.15, 0.2) is 0 Å². The van der Waals surface area contributed by atoms with Crippen LogP contribution in [0.15, 0.2) is 18.7 Å². The van der Waals surface area contributed by atoms with E-state index in [9.17, 15) is 0 Å². The molecule has 7 heteroatoms. The number of nitrogens with zero attached hydrogens (tertiary/aromatic N) is 5. The van der Waals surface area contributed by atoms with E-state index in [-0.39, 0.29) is 4.99 Å². The van der Waals surface area contributed by atoms with Crippen molar-refractivity contribution in [3.8, 4) is 0 Å². The number of thiocarbonyl (C=S) groups is 1. The molecule has 6 nitrogen and oxygen atoms in total. The first-order valence-electron chi connectivity index (χ1n) is 4.32. The molecule has 0 bridgehead atoms. The van der Waals surface area contributed by atoms with E-state index in [1.807, 2.05) is 13.2 Å². The highest BCUT2D eigenvalue weighted by molar-refractivity contribution is 7.80. The van der Waals surface area contributed by atoms with E-state index in [4.69, 9.17) is 18.0 Å². The Morgan fingerprint density at radius 2 is 2.40 bits per heavy atom. The summed E-state index contributed by atoms with van der Waals surface area (Å²) in [5.41, 5.74) is 6.45. The normalized spacial score (nSPS) is 10.5. The summed E-state index contributed by atoms with van der Waals surface area (Å²) in [6, 6.07) is 0. The Morgan fingerprint density at radius 3 is 2.93 bits per heavy atom. The molecule has 0 saturated heterocycles. The van der Waals surface area contributed by atoms with Crippen LogP contribution in [0.2, 0.25) is 0 Å². The van der Waals surface area contributed by atoms with Gasteiger partial charge in [-0.15, -0.1) is 5.10 Å². The maximum absolute atomic E-state index is 5.40. The number of hydrogen-bond donors (Lipinski definition) is 1. The molecule has 0 atom stereocenters. The van der Waals surface area contributed by atoms with Gasteiger partial charge < -0.3 is 5.73 Å². The number of rotatable bonds is 3. The van der Waals surface area contributed by atoms with Gasteiger partial charge in [-0.3, -0.25) is 4.68 Å². The first kappa shape index (κ1) is 9.78. The zero-order chi connectivity index (χ0) is 10.8. The van der Waals surface area contributed by atoms with Crippen LogP contribution in [0.25, 0.3) is 0 Å². The third-order valence-corrected chi connectivity index (χ3v) is 2.04. The van der Waals surface area contributed by atoms with E-state index >= 15 is 0 Å². The molecule has 2 heterocycles. The molecule has 15 heavy (non-hydrogen) atoms. The van der Waals surface area contributed by atoms with Gasteiger partial charge >= 0.3 is 0 Å². The highest BCUT2D eigenvalue weighted by Crippen LogP contribution is 1.99. The van der Waals surface area contributed by atoms with Crippen molar-refractivity contribution in [2.24, 2.45) is 12.8 Å². The van der Waals surface area contributed by atoms with Gasteiger partial charge in [-0.1, -0.05) is 12.2 Å². The van der Waals surface area contributed by atoms with E-state index < -0.39 is 0 Å². The third-order valence-electron chi connectivity index (χ3n) is 1.86. The van der Waals surface area contributed by atoms with Crippen LogP contribution >= 0.6 is 12.2 Å². The molecule has 0 aliphatic heterocycles. The van der Waals surface area contributed by atoms with Gasteiger partial charge in [0.25, 0.3) is 0 Å². The molecular weight excluding hydrogens is 212 g/mol. The van der Waals surface area contributed by atoms with E-state index in [0.717, 1.165) is 5.56 Å². The Morgan fingerprint density at radius 1 is 1.60 bits per heavy atom. The van der Waals surface area contributed by atoms with Gasteiger partial charge in [-0.25, -0.2) is 9.67 Å². The number of nitrogens with two attached hydrogens (primary N) is 1. The van der Waals surface area contributed by atoms with Crippen LogP contribution in [0, 0.1) is 0 Å². The lowest BCUT2D eigenvalue weighted by molar-refractivity contribution is 0.682. The van der Waals surface area contributed by atoms with Crippen LogP contribution in [0.1, 0.15) is 11.4 Å². The van der Waals surface area contributed by atoms with Gasteiger partial charge in [-0.2, -0.15) is 5.10 Å². The molecule has 0 fully saturated rings. The Balaban J connectivity index is 2.14. The smallest absolute Gasteiger partial charge is 0.208 e. The lowest BCUT2D eigenvalue weighted by atomic mass is 10.4. The fourth-order valence-corrected chi connectivity index (χ4v) is 1.32. The summed E-state index contributed by atoms with van der Waals surface area (Å²) < 4.78 is 3.41. The van der Waals surface area contributed by atoms with Gasteiger partial charge in [-0.05, 0) is 0 Å². The average molecular weight is 222 g/mol. The lowest BCUT2D eigenvalue weighted by Crippen LogP contribution is -2.12. The first-order chi connectivity index (χ1) is 7.15. The molecule has 0 aromatic carbocycles. The summed E-state index contributed by atoms with van der Waals surface area (Å²) in [5, 5.41) is 8.18. The third kappa shape index (κ3) is 2.18. The molecule has 0 amide bonds. The Kier molecular flexibility index (Phi) is 2.46. The first-order valence-corrected chi connectivity index (χ1v) is 4.73. The molecular formula is C8H10N6S. The number of hydrogen-bond acceptors (Lipinski definition) is 4. The standard InChI is InChI=1S/C8H10N6S/c1-13-3-6(2-11-13)4-14-5-10-8(12-14)7(9)15/h2-3,5H,4H2,1H3,(H2,9,15). The molecule has 2 N–H and O–H groups in total. The van der Waals surface area contributed by atoms with Gasteiger partial charge in [0.2, 0.25) is 5.82 Å². The molecule has 0 aliphatic carbocycles. The van der Waals surface area contributed by atoms with Crippen molar-refractivity contribution in [3.05, 3.63) is 30.1 Å². The zero-order valence-electron chi connectivity index (χ0n) is 8.16. The predicted octanol–water partition coefficient (Wildman–Crippen LogP) is -0.306. The van der Waals surface area contributed by atoms with E-state index in [2.05, 4.69) is 15.2 Å². The minimum Gasteiger partial charge on any atom is -0.387 e. The SMILES string of the molecule is Cn1cc(Cn2cnc(C(N)=S)n2)cn1. The largest absolute Gasteiger partial charge is 0.387 e. The van der Waals surface area contributed by atoms with Crippen molar-refractivity contribution < 1.29 is 0 Å². The van der Waals surface area contributed by atoms with E-state index in [1.54, 1.807) is 21.9 Å². The van der Waals surface area contributed by atoms with Crippen molar-refractivity contribution in [2.45, 2.75) is 6.54 Å². The molecule has 2 aromatic rings. The molecule has 2 rings (SSSR count). The molecule has 78 valence electrons. The molecule has 0 radical (unpaired) electrons. The Bertz CT molecular complexity index is 485. The van der Waals surface area contributed by atoms with E-state index in [1.165, 1.54) is 0 Å². The summed E-state index contributed by atoms with van der Waals surface area (Å²) in [6.07, 6.45) is 5.30. The average Bonchev–Trinajstić information content (AvgIpc) is 2.76. The summed E-state index contributed by atoms with van der Waals surface area (Å²) >= 11 is 4.77. The van der Waals surface area contributed by atoms with Crippen LogP contribution < -0.4 is 5.73 Å². The Labute approximate surface area is 91.7 Å². The van der Waals surface area contributed by atoms with Crippen molar-refractivity contribution in [1.29, 1.82) is 0 Å². The highest BCUT2D eigenvalue weighted by Gasteiger charge is 2.04. The lowest BCUT2D eigenvalue weighted by Gasteiger charge is -1.95. The summed E-state index contributed by atoms with van der Waals surface area (Å²) in [4.78, 5) is 4.19. The van der Waals surface area contributed by atoms with Crippen molar-refractivity contribution in [2.75, 3.05) is 0 Å². The molecule has 0 aliphatic rings. The topological polar surface area (TPSA) is 74.5 Å². The van der Waals surface area contributed by atoms with Crippen molar-refractivity contribution in [3.63, 3.8) is 0 Å². The second kappa shape index (κ2) is 3.77. The summed E-state index contributed by atoms with van der Waals surface area (Å²) in [7, 11) is 1.87. The minimum atomic E-state index is 0.208. The van der Waals surface area contributed by atoms with Gasteiger partial charge in [0, 0.05) is 18.8 Å². The summed E-state index contributed by atoms with van der Waals surface area (Å²) in [5.74, 6) is 0.397. The summed E-state index contributed by atoms with van der Waals surface area (Å²) in [6.45, 7) is 0.615. The van der Waals surface area contributed by atoms with Crippen LogP contribution in [-0.2, 0) is 13.6 Å².